The lowest BCUT2D eigenvalue weighted by atomic mass is 10.3. The molecular formula is C16H15ClN2O2S2. The molecule has 4 nitrogen and oxygen atoms in total. The molecule has 7 heteroatoms. The molecule has 0 saturated heterocycles. The van der Waals surface area contributed by atoms with Gasteiger partial charge in [0.15, 0.2) is 4.77 Å². The lowest BCUT2D eigenvalue weighted by Gasteiger charge is -2.08. The second-order valence-electron chi connectivity index (χ2n) is 5.00. The number of H-pyrrole nitrogens is 1. The van der Waals surface area contributed by atoms with Crippen molar-refractivity contribution in [3.63, 3.8) is 0 Å². The first-order chi connectivity index (χ1) is 11.1. The fourth-order valence-corrected chi connectivity index (χ4v) is 3.71. The molecule has 0 amide bonds. The largest absolute Gasteiger partial charge is 0.492 e. The second-order valence-corrected chi connectivity index (χ2v) is 6.96. The van der Waals surface area contributed by atoms with Crippen molar-refractivity contribution in [2.75, 3.05) is 6.61 Å². The molecule has 1 aromatic carbocycles. The summed E-state index contributed by atoms with van der Waals surface area (Å²) in [6, 6.07) is 9.05. The van der Waals surface area contributed by atoms with E-state index in [2.05, 4.69) is 11.9 Å². The second kappa shape index (κ2) is 6.86. The van der Waals surface area contributed by atoms with Crippen LogP contribution in [-0.4, -0.2) is 16.2 Å². The van der Waals surface area contributed by atoms with Gasteiger partial charge in [-0.05, 0) is 49.0 Å². The molecule has 3 rings (SSSR count). The third-order valence-electron chi connectivity index (χ3n) is 3.47. The van der Waals surface area contributed by atoms with Gasteiger partial charge in [0.05, 0.1) is 11.9 Å². The Balaban J connectivity index is 1.81. The summed E-state index contributed by atoms with van der Waals surface area (Å²) in [6.07, 6.45) is 0.902. The number of thiophene rings is 1. The molecular weight excluding hydrogens is 352 g/mol. The predicted octanol–water partition coefficient (Wildman–Crippen LogP) is 4.42. The molecule has 0 aliphatic rings. The molecule has 0 saturated carbocycles. The Morgan fingerprint density at radius 3 is 2.78 bits per heavy atom. The van der Waals surface area contributed by atoms with Gasteiger partial charge in [0.25, 0.3) is 5.56 Å². The van der Waals surface area contributed by atoms with Gasteiger partial charge in [0, 0.05) is 9.90 Å². The summed E-state index contributed by atoms with van der Waals surface area (Å²) >= 11 is 12.7. The van der Waals surface area contributed by atoms with E-state index in [9.17, 15) is 4.79 Å². The van der Waals surface area contributed by atoms with Crippen LogP contribution in [-0.2, 0) is 13.0 Å². The lowest BCUT2D eigenvalue weighted by molar-refractivity contribution is 0.295. The highest BCUT2D eigenvalue weighted by atomic mass is 35.5. The van der Waals surface area contributed by atoms with Crippen molar-refractivity contribution in [1.82, 2.24) is 9.55 Å². The third kappa shape index (κ3) is 3.49. The van der Waals surface area contributed by atoms with Crippen molar-refractivity contribution in [3.8, 4) is 5.75 Å². The van der Waals surface area contributed by atoms with Crippen LogP contribution in [0.4, 0.5) is 0 Å². The van der Waals surface area contributed by atoms with Crippen LogP contribution >= 0.6 is 35.2 Å². The summed E-state index contributed by atoms with van der Waals surface area (Å²) in [4.78, 5) is 17.7. The Hall–Kier alpha value is -1.63. The average molecular weight is 367 g/mol. The summed E-state index contributed by atoms with van der Waals surface area (Å²) in [5.41, 5.74) is -0.0700. The molecule has 120 valence electrons. The van der Waals surface area contributed by atoms with Crippen LogP contribution in [0.15, 0.2) is 35.1 Å². The Labute approximate surface area is 147 Å². The van der Waals surface area contributed by atoms with Gasteiger partial charge in [-0.15, -0.1) is 11.3 Å². The minimum atomic E-state index is -0.0700. The number of hydrogen-bond acceptors (Lipinski definition) is 4. The van der Waals surface area contributed by atoms with Crippen molar-refractivity contribution in [3.05, 3.63) is 55.4 Å². The van der Waals surface area contributed by atoms with E-state index in [4.69, 9.17) is 28.6 Å². The number of fused-ring (bicyclic) bond motifs is 1. The van der Waals surface area contributed by atoms with E-state index < -0.39 is 0 Å². The molecule has 2 heterocycles. The summed E-state index contributed by atoms with van der Waals surface area (Å²) in [6.45, 7) is 2.82. The van der Waals surface area contributed by atoms with Crippen LogP contribution in [0.25, 0.3) is 10.2 Å². The monoisotopic (exact) mass is 366 g/mol. The maximum atomic E-state index is 12.6. The van der Waals surface area contributed by atoms with Crippen molar-refractivity contribution < 1.29 is 4.74 Å². The van der Waals surface area contributed by atoms with Gasteiger partial charge in [0.2, 0.25) is 0 Å². The first kappa shape index (κ1) is 16.2. The zero-order valence-electron chi connectivity index (χ0n) is 12.5. The number of benzene rings is 1. The molecule has 0 atom stereocenters. The van der Waals surface area contributed by atoms with Crippen molar-refractivity contribution in [2.24, 2.45) is 0 Å². The Morgan fingerprint density at radius 1 is 1.35 bits per heavy atom. The third-order valence-corrected chi connectivity index (χ3v) is 5.24. The average Bonchev–Trinajstić information content (AvgIpc) is 2.95. The maximum Gasteiger partial charge on any atom is 0.263 e. The zero-order chi connectivity index (χ0) is 16.4. The molecule has 23 heavy (non-hydrogen) atoms. The Kier molecular flexibility index (Phi) is 4.84. The summed E-state index contributed by atoms with van der Waals surface area (Å²) in [7, 11) is 0. The number of halogens is 1. The van der Waals surface area contributed by atoms with Gasteiger partial charge in [0.1, 0.15) is 17.2 Å². The van der Waals surface area contributed by atoms with E-state index in [0.717, 1.165) is 16.1 Å². The quantitative estimate of drug-likeness (QED) is 0.680. The molecule has 3 aromatic rings. The maximum absolute atomic E-state index is 12.6. The van der Waals surface area contributed by atoms with Crippen molar-refractivity contribution >= 4 is 45.4 Å². The van der Waals surface area contributed by atoms with E-state index in [1.807, 2.05) is 6.07 Å². The zero-order valence-corrected chi connectivity index (χ0v) is 14.9. The molecule has 0 bridgehead atoms. The SMILES string of the molecule is CCc1cc2c(=O)n(CCOc3ccc(Cl)cc3)c(=S)[nH]c2s1. The van der Waals surface area contributed by atoms with Gasteiger partial charge in [-0.1, -0.05) is 18.5 Å². The number of ether oxygens (including phenoxy) is 1. The van der Waals surface area contributed by atoms with Gasteiger partial charge < -0.3 is 9.72 Å². The van der Waals surface area contributed by atoms with E-state index >= 15 is 0 Å². The summed E-state index contributed by atoms with van der Waals surface area (Å²) in [5, 5.41) is 1.34. The van der Waals surface area contributed by atoms with Gasteiger partial charge in [-0.3, -0.25) is 9.36 Å². The number of aromatic nitrogens is 2. The molecule has 1 N–H and O–H groups in total. The Bertz CT molecular complexity index is 941. The molecule has 0 aliphatic carbocycles. The molecule has 0 aliphatic heterocycles. The van der Waals surface area contributed by atoms with E-state index in [1.54, 1.807) is 40.2 Å². The van der Waals surface area contributed by atoms with E-state index in [-0.39, 0.29) is 5.56 Å². The highest BCUT2D eigenvalue weighted by Gasteiger charge is 2.09. The first-order valence-electron chi connectivity index (χ1n) is 7.22. The van der Waals surface area contributed by atoms with E-state index in [1.165, 1.54) is 0 Å². The molecule has 2 aromatic heterocycles. The standard InChI is InChI=1S/C16H15ClN2O2S2/c1-2-12-9-13-14(23-12)18-16(22)19(15(13)20)7-8-21-11-5-3-10(17)4-6-11/h3-6,9H,2,7-8H2,1H3,(H,18,22). The minimum absolute atomic E-state index is 0.0700. The van der Waals surface area contributed by atoms with Crippen LogP contribution in [0.5, 0.6) is 5.75 Å². The lowest BCUT2D eigenvalue weighted by Crippen LogP contribution is -2.24. The van der Waals surface area contributed by atoms with Crippen LogP contribution in [0.3, 0.4) is 0 Å². The number of rotatable bonds is 5. The van der Waals surface area contributed by atoms with Gasteiger partial charge >= 0.3 is 0 Å². The molecule has 0 unspecified atom stereocenters. The minimum Gasteiger partial charge on any atom is -0.492 e. The van der Waals surface area contributed by atoms with Crippen molar-refractivity contribution in [1.29, 1.82) is 0 Å². The number of aromatic amines is 1. The normalized spacial score (nSPS) is 11.0. The number of hydrogen-bond donors (Lipinski definition) is 1. The fourth-order valence-electron chi connectivity index (χ4n) is 2.26. The summed E-state index contributed by atoms with van der Waals surface area (Å²) in [5.74, 6) is 0.710. The van der Waals surface area contributed by atoms with Gasteiger partial charge in [-0.25, -0.2) is 0 Å². The highest BCUT2D eigenvalue weighted by Crippen LogP contribution is 2.21. The fraction of sp³-hybridized carbons (Fsp3) is 0.250. The number of nitrogens with zero attached hydrogens (tertiary/aromatic N) is 1. The highest BCUT2D eigenvalue weighted by molar-refractivity contribution is 7.71. The topological polar surface area (TPSA) is 47.0 Å². The predicted molar refractivity (Wildman–Crippen MR) is 97.6 cm³/mol. The number of nitrogens with one attached hydrogen (secondary N) is 1. The van der Waals surface area contributed by atoms with Crippen LogP contribution in [0, 0.1) is 4.77 Å². The molecule has 0 fully saturated rings. The molecule has 0 spiro atoms. The smallest absolute Gasteiger partial charge is 0.263 e. The Morgan fingerprint density at radius 2 is 2.09 bits per heavy atom. The van der Waals surface area contributed by atoms with Gasteiger partial charge in [-0.2, -0.15) is 0 Å². The van der Waals surface area contributed by atoms with E-state index in [0.29, 0.717) is 34.1 Å². The molecule has 0 radical (unpaired) electrons. The summed E-state index contributed by atoms with van der Waals surface area (Å²) < 4.78 is 7.60. The van der Waals surface area contributed by atoms with Crippen LogP contribution in [0.2, 0.25) is 5.02 Å². The van der Waals surface area contributed by atoms with Crippen LogP contribution in [0.1, 0.15) is 11.8 Å². The first-order valence-corrected chi connectivity index (χ1v) is 8.82. The number of aryl methyl sites for hydroxylation is 1. The van der Waals surface area contributed by atoms with Crippen molar-refractivity contribution in [2.45, 2.75) is 19.9 Å². The van der Waals surface area contributed by atoms with Crippen LogP contribution < -0.4 is 10.3 Å².